The van der Waals surface area contributed by atoms with Gasteiger partial charge in [-0.05, 0) is 49.4 Å². The molecule has 0 aliphatic carbocycles. The van der Waals surface area contributed by atoms with Gasteiger partial charge in [0.05, 0.1) is 13.2 Å². The van der Waals surface area contributed by atoms with Gasteiger partial charge >= 0.3 is 0 Å². The average Bonchev–Trinajstić information content (AvgIpc) is 2.39. The average molecular weight is 291 g/mol. The zero-order valence-corrected chi connectivity index (χ0v) is 14.3. The number of nitrogens with zero attached hydrogens (tertiary/aromatic N) is 1. The molecule has 0 aliphatic heterocycles. The predicted molar refractivity (Wildman–Crippen MR) is 88.1 cm³/mol. The summed E-state index contributed by atoms with van der Waals surface area (Å²) in [5.74, 6) is 0.739. The minimum atomic E-state index is 0.201. The number of carbonyl (C=O) groups excluding carboxylic acids is 1. The minimum absolute atomic E-state index is 0.201. The van der Waals surface area contributed by atoms with Crippen molar-refractivity contribution < 1.29 is 9.53 Å². The highest BCUT2D eigenvalue weighted by Gasteiger charge is 2.16. The van der Waals surface area contributed by atoms with Crippen molar-refractivity contribution in [3.05, 3.63) is 34.4 Å². The Hall–Kier alpha value is -1.19. The number of methoxy groups -OCH3 is 1. The summed E-state index contributed by atoms with van der Waals surface area (Å²) < 4.78 is 5.15. The van der Waals surface area contributed by atoms with Crippen molar-refractivity contribution >= 4 is 5.78 Å². The van der Waals surface area contributed by atoms with Crippen LogP contribution in [0.3, 0.4) is 0 Å². The minimum Gasteiger partial charge on any atom is -0.383 e. The quantitative estimate of drug-likeness (QED) is 0.688. The van der Waals surface area contributed by atoms with Crippen LogP contribution in [0.5, 0.6) is 0 Å². The van der Waals surface area contributed by atoms with Crippen molar-refractivity contribution in [3.63, 3.8) is 0 Å². The molecule has 0 heterocycles. The van der Waals surface area contributed by atoms with Crippen LogP contribution in [-0.4, -0.2) is 44.0 Å². The Balaban J connectivity index is 2.83. The molecule has 118 valence electrons. The van der Waals surface area contributed by atoms with Crippen LogP contribution in [0.25, 0.3) is 0 Å². The summed E-state index contributed by atoms with van der Waals surface area (Å²) in [6.07, 6.45) is 0. The lowest BCUT2D eigenvalue weighted by Crippen LogP contribution is -2.35. The van der Waals surface area contributed by atoms with E-state index in [9.17, 15) is 4.79 Å². The number of hydrogen-bond donors (Lipinski definition) is 0. The number of rotatable bonds is 8. The Morgan fingerprint density at radius 2 is 1.76 bits per heavy atom. The molecule has 0 fully saturated rings. The molecular formula is C18H29NO2. The van der Waals surface area contributed by atoms with E-state index in [0.29, 0.717) is 19.1 Å². The van der Waals surface area contributed by atoms with Gasteiger partial charge in [-0.25, -0.2) is 0 Å². The number of hydrogen-bond acceptors (Lipinski definition) is 3. The van der Waals surface area contributed by atoms with Crippen LogP contribution in [0.2, 0.25) is 0 Å². The third-order valence-electron chi connectivity index (χ3n) is 3.74. The molecule has 0 atom stereocenters. The van der Waals surface area contributed by atoms with Crippen LogP contribution in [0.4, 0.5) is 0 Å². The first kappa shape index (κ1) is 17.9. The van der Waals surface area contributed by atoms with Crippen molar-refractivity contribution in [2.45, 2.75) is 34.6 Å². The molecule has 21 heavy (non-hydrogen) atoms. The summed E-state index contributed by atoms with van der Waals surface area (Å²) in [6.45, 7) is 13.3. The first-order valence-corrected chi connectivity index (χ1v) is 7.67. The van der Waals surface area contributed by atoms with Gasteiger partial charge in [0.25, 0.3) is 0 Å². The molecule has 0 bridgehead atoms. The third-order valence-corrected chi connectivity index (χ3v) is 3.74. The number of ketones is 1. The Labute approximate surface area is 129 Å². The second kappa shape index (κ2) is 8.30. The molecule has 0 saturated carbocycles. The highest BCUT2D eigenvalue weighted by atomic mass is 16.5. The summed E-state index contributed by atoms with van der Waals surface area (Å²) in [5.41, 5.74) is 4.34. The van der Waals surface area contributed by atoms with Gasteiger partial charge in [-0.3, -0.25) is 9.69 Å². The first-order chi connectivity index (χ1) is 9.85. The summed E-state index contributed by atoms with van der Waals surface area (Å²) in [6, 6.07) is 4.13. The summed E-state index contributed by atoms with van der Waals surface area (Å²) in [7, 11) is 1.70. The van der Waals surface area contributed by atoms with Gasteiger partial charge in [-0.2, -0.15) is 0 Å². The highest BCUT2D eigenvalue weighted by molar-refractivity contribution is 5.99. The molecule has 0 aromatic heterocycles. The normalized spacial score (nSPS) is 11.4. The molecule has 3 nitrogen and oxygen atoms in total. The van der Waals surface area contributed by atoms with Gasteiger partial charge in [-0.15, -0.1) is 0 Å². The molecule has 0 amide bonds. The van der Waals surface area contributed by atoms with Crippen molar-refractivity contribution in [1.29, 1.82) is 0 Å². The molecule has 0 aliphatic rings. The van der Waals surface area contributed by atoms with Crippen LogP contribution < -0.4 is 0 Å². The molecule has 1 aromatic carbocycles. The van der Waals surface area contributed by atoms with Crippen LogP contribution in [0.1, 0.15) is 40.9 Å². The van der Waals surface area contributed by atoms with Gasteiger partial charge in [-0.1, -0.05) is 19.9 Å². The van der Waals surface area contributed by atoms with E-state index in [2.05, 4.69) is 38.7 Å². The second-order valence-electron chi connectivity index (χ2n) is 6.30. The van der Waals surface area contributed by atoms with E-state index in [1.165, 1.54) is 11.1 Å². The smallest absolute Gasteiger partial charge is 0.177 e. The van der Waals surface area contributed by atoms with E-state index in [1.54, 1.807) is 7.11 Å². The largest absolute Gasteiger partial charge is 0.383 e. The van der Waals surface area contributed by atoms with Gasteiger partial charge in [0.1, 0.15) is 0 Å². The second-order valence-corrected chi connectivity index (χ2v) is 6.30. The van der Waals surface area contributed by atoms with Crippen LogP contribution in [0.15, 0.2) is 12.1 Å². The summed E-state index contributed by atoms with van der Waals surface area (Å²) in [5, 5.41) is 0. The maximum Gasteiger partial charge on any atom is 0.177 e. The summed E-state index contributed by atoms with van der Waals surface area (Å²) >= 11 is 0. The highest BCUT2D eigenvalue weighted by Crippen LogP contribution is 2.16. The third kappa shape index (κ3) is 5.60. The lowest BCUT2D eigenvalue weighted by Gasteiger charge is -2.23. The van der Waals surface area contributed by atoms with Crippen molar-refractivity contribution in [3.8, 4) is 0 Å². The standard InChI is InChI=1S/C18H29NO2/c1-13(2)11-19(7-8-21-6)12-18(20)17-10-15(4)14(3)9-16(17)5/h9-10,13H,7-8,11-12H2,1-6H3. The maximum atomic E-state index is 12.6. The van der Waals surface area contributed by atoms with Gasteiger partial charge in [0, 0.05) is 25.8 Å². The van der Waals surface area contributed by atoms with E-state index in [0.717, 1.165) is 24.2 Å². The van der Waals surface area contributed by atoms with Gasteiger partial charge in [0.2, 0.25) is 0 Å². The maximum absolute atomic E-state index is 12.6. The zero-order chi connectivity index (χ0) is 16.0. The fourth-order valence-corrected chi connectivity index (χ4v) is 2.52. The van der Waals surface area contributed by atoms with Crippen molar-refractivity contribution in [2.75, 3.05) is 33.4 Å². The molecule has 1 aromatic rings. The van der Waals surface area contributed by atoms with E-state index >= 15 is 0 Å². The van der Waals surface area contributed by atoms with E-state index in [4.69, 9.17) is 4.74 Å². The Bertz CT molecular complexity index is 480. The van der Waals surface area contributed by atoms with E-state index in [1.807, 2.05) is 13.0 Å². The van der Waals surface area contributed by atoms with Crippen LogP contribution >= 0.6 is 0 Å². The Kier molecular flexibility index (Phi) is 7.06. The lowest BCUT2D eigenvalue weighted by atomic mass is 9.98. The predicted octanol–water partition coefficient (Wildman–Crippen LogP) is 3.40. The number of aryl methyl sites for hydroxylation is 3. The molecule has 3 heteroatoms. The SMILES string of the molecule is COCCN(CC(=O)c1cc(C)c(C)cc1C)CC(C)C. The van der Waals surface area contributed by atoms with Crippen LogP contribution in [-0.2, 0) is 4.74 Å². The Morgan fingerprint density at radius 1 is 1.14 bits per heavy atom. The number of ether oxygens (including phenoxy) is 1. The molecular weight excluding hydrogens is 262 g/mol. The molecule has 0 unspecified atom stereocenters. The monoisotopic (exact) mass is 291 g/mol. The van der Waals surface area contributed by atoms with Crippen LogP contribution in [0, 0.1) is 26.7 Å². The number of carbonyl (C=O) groups is 1. The van der Waals surface area contributed by atoms with Crippen molar-refractivity contribution in [1.82, 2.24) is 4.90 Å². The first-order valence-electron chi connectivity index (χ1n) is 7.67. The molecule has 0 saturated heterocycles. The molecule has 1 rings (SSSR count). The fourth-order valence-electron chi connectivity index (χ4n) is 2.52. The molecule has 0 spiro atoms. The number of Topliss-reactive ketones (excluding diaryl/α,β-unsaturated/α-hetero) is 1. The van der Waals surface area contributed by atoms with Gasteiger partial charge < -0.3 is 4.74 Å². The van der Waals surface area contributed by atoms with E-state index in [-0.39, 0.29) is 5.78 Å². The number of benzene rings is 1. The van der Waals surface area contributed by atoms with E-state index < -0.39 is 0 Å². The Morgan fingerprint density at radius 3 is 2.33 bits per heavy atom. The van der Waals surface area contributed by atoms with Gasteiger partial charge in [0.15, 0.2) is 5.78 Å². The fraction of sp³-hybridized carbons (Fsp3) is 0.611. The lowest BCUT2D eigenvalue weighted by molar-refractivity contribution is 0.0880. The topological polar surface area (TPSA) is 29.5 Å². The zero-order valence-electron chi connectivity index (χ0n) is 14.3. The molecule has 0 N–H and O–H groups in total. The van der Waals surface area contributed by atoms with Crippen molar-refractivity contribution in [2.24, 2.45) is 5.92 Å². The molecule has 0 radical (unpaired) electrons. The summed E-state index contributed by atoms with van der Waals surface area (Å²) in [4.78, 5) is 14.8.